The Balaban J connectivity index is 1.55. The number of morpholine rings is 1. The molecule has 8 nitrogen and oxygen atoms in total. The molecule has 8 heteroatoms. The molecule has 0 spiro atoms. The van der Waals surface area contributed by atoms with Crippen molar-refractivity contribution >= 4 is 11.8 Å². The molecule has 0 aromatic carbocycles. The molecule has 2 N–H and O–H groups in total. The normalized spacial score (nSPS) is 15.0. The third kappa shape index (κ3) is 5.69. The fraction of sp³-hybridized carbons (Fsp3) is 0.571. The van der Waals surface area contributed by atoms with E-state index in [4.69, 9.17) is 9.26 Å². The average molecular weight is 401 g/mol. The first-order valence-corrected chi connectivity index (χ1v) is 10.4. The van der Waals surface area contributed by atoms with E-state index in [1.807, 2.05) is 18.3 Å². The molecule has 0 atom stereocenters. The van der Waals surface area contributed by atoms with Crippen LogP contribution in [-0.2, 0) is 17.8 Å². The average Bonchev–Trinajstić information content (AvgIpc) is 3.24. The summed E-state index contributed by atoms with van der Waals surface area (Å²) in [5, 5.41) is 10.9. The molecule has 0 aliphatic carbocycles. The van der Waals surface area contributed by atoms with E-state index in [1.165, 1.54) is 0 Å². The first-order chi connectivity index (χ1) is 14.2. The summed E-state index contributed by atoms with van der Waals surface area (Å²) in [7, 11) is 1.76. The lowest BCUT2D eigenvalue weighted by molar-refractivity contribution is 0.122. The van der Waals surface area contributed by atoms with Crippen molar-refractivity contribution in [3.8, 4) is 0 Å². The number of hydrogen-bond acceptors (Lipinski definition) is 6. The molecule has 0 bridgehead atoms. The number of nitrogens with one attached hydrogen (secondary N) is 2. The summed E-state index contributed by atoms with van der Waals surface area (Å²) in [5.41, 5.74) is 2.16. The van der Waals surface area contributed by atoms with Crippen molar-refractivity contribution < 1.29 is 9.26 Å². The number of aliphatic imine (C=N–C) groups is 1. The molecular formula is C21H32N6O2. The molecule has 1 fully saturated rings. The van der Waals surface area contributed by atoms with Gasteiger partial charge in [-0.2, -0.15) is 0 Å². The smallest absolute Gasteiger partial charge is 0.191 e. The first-order valence-electron chi connectivity index (χ1n) is 10.4. The number of pyridine rings is 1. The van der Waals surface area contributed by atoms with E-state index < -0.39 is 0 Å². The van der Waals surface area contributed by atoms with Gasteiger partial charge in [0.1, 0.15) is 5.82 Å². The Morgan fingerprint density at radius 1 is 1.21 bits per heavy atom. The van der Waals surface area contributed by atoms with Gasteiger partial charge in [-0.15, -0.1) is 0 Å². The summed E-state index contributed by atoms with van der Waals surface area (Å²) in [6.45, 7) is 8.73. The van der Waals surface area contributed by atoms with E-state index in [0.29, 0.717) is 25.0 Å². The predicted octanol–water partition coefficient (Wildman–Crippen LogP) is 2.68. The quantitative estimate of drug-likeness (QED) is 0.520. The van der Waals surface area contributed by atoms with E-state index in [9.17, 15) is 0 Å². The third-order valence-corrected chi connectivity index (χ3v) is 5.26. The van der Waals surface area contributed by atoms with E-state index >= 15 is 0 Å². The highest BCUT2D eigenvalue weighted by atomic mass is 16.5. The van der Waals surface area contributed by atoms with Gasteiger partial charge in [0, 0.05) is 50.4 Å². The van der Waals surface area contributed by atoms with Crippen molar-refractivity contribution in [2.45, 2.75) is 45.7 Å². The number of nitrogens with zero attached hydrogens (tertiary/aromatic N) is 4. The van der Waals surface area contributed by atoms with E-state index in [0.717, 1.165) is 62.0 Å². The highest BCUT2D eigenvalue weighted by Crippen LogP contribution is 2.22. The minimum absolute atomic E-state index is 0.453. The maximum absolute atomic E-state index is 5.48. The Kier molecular flexibility index (Phi) is 7.86. The largest absolute Gasteiger partial charge is 0.378 e. The van der Waals surface area contributed by atoms with Crippen LogP contribution in [0.2, 0.25) is 0 Å². The zero-order valence-corrected chi connectivity index (χ0v) is 17.6. The van der Waals surface area contributed by atoms with Gasteiger partial charge < -0.3 is 24.8 Å². The van der Waals surface area contributed by atoms with Crippen molar-refractivity contribution in [1.82, 2.24) is 20.8 Å². The maximum Gasteiger partial charge on any atom is 0.191 e. The Morgan fingerprint density at radius 2 is 1.97 bits per heavy atom. The maximum atomic E-state index is 5.48. The van der Waals surface area contributed by atoms with Gasteiger partial charge in [-0.05, 0) is 18.9 Å². The van der Waals surface area contributed by atoms with Crippen LogP contribution >= 0.6 is 0 Å². The molecule has 29 heavy (non-hydrogen) atoms. The zero-order chi connectivity index (χ0) is 20.5. The lowest BCUT2D eigenvalue weighted by Gasteiger charge is -2.29. The van der Waals surface area contributed by atoms with Crippen LogP contribution in [0.4, 0.5) is 5.82 Å². The molecule has 0 amide bonds. The van der Waals surface area contributed by atoms with Gasteiger partial charge in [-0.25, -0.2) is 4.98 Å². The topological polar surface area (TPSA) is 87.8 Å². The predicted molar refractivity (Wildman–Crippen MR) is 114 cm³/mol. The van der Waals surface area contributed by atoms with Crippen molar-refractivity contribution in [3.05, 3.63) is 41.4 Å². The molecule has 0 saturated carbocycles. The van der Waals surface area contributed by atoms with Crippen LogP contribution in [0.3, 0.4) is 0 Å². The zero-order valence-electron chi connectivity index (χ0n) is 17.6. The number of hydrogen-bond donors (Lipinski definition) is 2. The van der Waals surface area contributed by atoms with Gasteiger partial charge in [-0.3, -0.25) is 4.99 Å². The summed E-state index contributed by atoms with van der Waals surface area (Å²) in [6.07, 6.45) is 3.97. The SMILES string of the molecule is CCC(CC)c1cc(CNC(=NC)NCc2cccnc2N2CCOCC2)on1. The van der Waals surface area contributed by atoms with Gasteiger partial charge in [0.15, 0.2) is 11.7 Å². The first kappa shape index (κ1) is 21.1. The van der Waals surface area contributed by atoms with Crippen molar-refractivity contribution in [3.63, 3.8) is 0 Å². The Morgan fingerprint density at radius 3 is 2.69 bits per heavy atom. The second-order valence-corrected chi connectivity index (χ2v) is 7.10. The number of guanidine groups is 1. The molecule has 0 radical (unpaired) electrons. The van der Waals surface area contributed by atoms with Gasteiger partial charge in [0.25, 0.3) is 0 Å². The van der Waals surface area contributed by atoms with Crippen molar-refractivity contribution in [1.29, 1.82) is 0 Å². The Bertz CT molecular complexity index is 781. The second-order valence-electron chi connectivity index (χ2n) is 7.10. The van der Waals surface area contributed by atoms with Crippen LogP contribution in [-0.4, -0.2) is 49.5 Å². The monoisotopic (exact) mass is 400 g/mol. The number of anilines is 1. The van der Waals surface area contributed by atoms with Crippen LogP contribution < -0.4 is 15.5 Å². The van der Waals surface area contributed by atoms with Crippen LogP contribution in [0, 0.1) is 0 Å². The Labute approximate surface area is 172 Å². The molecule has 1 saturated heterocycles. The van der Waals surface area contributed by atoms with Gasteiger partial charge in [0.05, 0.1) is 25.5 Å². The highest BCUT2D eigenvalue weighted by Gasteiger charge is 2.16. The molecule has 2 aromatic heterocycles. The molecule has 3 rings (SSSR count). The standard InChI is InChI=1S/C21H32N6O2/c1-4-16(5-2)19-13-18(29-26-19)15-25-21(22-3)24-14-17-7-6-8-23-20(17)27-9-11-28-12-10-27/h6-8,13,16H,4-5,9-12,14-15H2,1-3H3,(H2,22,24,25). The summed E-state index contributed by atoms with van der Waals surface area (Å²) in [4.78, 5) is 11.2. The highest BCUT2D eigenvalue weighted by molar-refractivity contribution is 5.79. The fourth-order valence-electron chi connectivity index (χ4n) is 3.51. The summed E-state index contributed by atoms with van der Waals surface area (Å²) < 4.78 is 10.9. The van der Waals surface area contributed by atoms with E-state index in [2.05, 4.69) is 50.6 Å². The summed E-state index contributed by atoms with van der Waals surface area (Å²) in [6, 6.07) is 6.09. The molecule has 3 heterocycles. The molecule has 1 aliphatic rings. The fourth-order valence-corrected chi connectivity index (χ4v) is 3.51. The van der Waals surface area contributed by atoms with Gasteiger partial charge >= 0.3 is 0 Å². The van der Waals surface area contributed by atoms with Gasteiger partial charge in [0.2, 0.25) is 0 Å². The molecule has 1 aliphatic heterocycles. The lowest BCUT2D eigenvalue weighted by atomic mass is 9.99. The molecular weight excluding hydrogens is 368 g/mol. The van der Waals surface area contributed by atoms with Crippen molar-refractivity contribution in [2.24, 2.45) is 4.99 Å². The van der Waals surface area contributed by atoms with E-state index in [1.54, 1.807) is 7.05 Å². The van der Waals surface area contributed by atoms with Crippen LogP contribution in [0.15, 0.2) is 33.9 Å². The van der Waals surface area contributed by atoms with Gasteiger partial charge in [-0.1, -0.05) is 25.1 Å². The minimum atomic E-state index is 0.453. The summed E-state index contributed by atoms with van der Waals surface area (Å²) >= 11 is 0. The Hall–Kier alpha value is -2.61. The number of aromatic nitrogens is 2. The lowest BCUT2D eigenvalue weighted by Crippen LogP contribution is -2.39. The number of rotatable bonds is 8. The summed E-state index contributed by atoms with van der Waals surface area (Å²) in [5.74, 6) is 2.98. The van der Waals surface area contributed by atoms with Crippen molar-refractivity contribution in [2.75, 3.05) is 38.3 Å². The second kappa shape index (κ2) is 10.8. The molecule has 158 valence electrons. The van der Waals surface area contributed by atoms with Crippen LogP contribution in [0.1, 0.15) is 49.6 Å². The molecule has 2 aromatic rings. The number of ether oxygens (including phenoxy) is 1. The minimum Gasteiger partial charge on any atom is -0.378 e. The third-order valence-electron chi connectivity index (χ3n) is 5.26. The van der Waals surface area contributed by atoms with E-state index in [-0.39, 0.29) is 0 Å². The van der Waals surface area contributed by atoms with Crippen LogP contribution in [0.5, 0.6) is 0 Å². The molecule has 0 unspecified atom stereocenters. The van der Waals surface area contributed by atoms with Crippen LogP contribution in [0.25, 0.3) is 0 Å².